The third kappa shape index (κ3) is 6.32. The maximum absolute atomic E-state index is 12.7. The number of nitrogens with zero attached hydrogens (tertiary/aromatic N) is 2. The van der Waals surface area contributed by atoms with Crippen molar-refractivity contribution < 1.29 is 24.1 Å². The molecular formula is C28H32N2O5. The van der Waals surface area contributed by atoms with Crippen LogP contribution in [0, 0.1) is 0 Å². The van der Waals surface area contributed by atoms with E-state index >= 15 is 0 Å². The number of carbonyl (C=O) groups excluding carboxylic acids is 1. The zero-order valence-electron chi connectivity index (χ0n) is 20.2. The molecule has 184 valence electrons. The van der Waals surface area contributed by atoms with Crippen LogP contribution >= 0.6 is 0 Å². The number of hydrogen-bond acceptors (Lipinski definition) is 6. The highest BCUT2D eigenvalue weighted by Gasteiger charge is 2.43. The molecule has 3 aromatic rings. The lowest BCUT2D eigenvalue weighted by molar-refractivity contribution is 0.0829. The van der Waals surface area contributed by atoms with E-state index in [1.54, 1.807) is 4.90 Å². The van der Waals surface area contributed by atoms with Gasteiger partial charge in [-0.2, -0.15) is 0 Å². The number of rotatable bonds is 11. The van der Waals surface area contributed by atoms with Gasteiger partial charge in [0.1, 0.15) is 24.1 Å². The second kappa shape index (κ2) is 11.7. The van der Waals surface area contributed by atoms with Gasteiger partial charge in [-0.25, -0.2) is 4.79 Å². The molecule has 1 saturated heterocycles. The number of hydrogen-bond donors (Lipinski definition) is 1. The van der Waals surface area contributed by atoms with Crippen LogP contribution in [0.15, 0.2) is 78.9 Å². The minimum Gasteiger partial charge on any atom is -0.494 e. The molecule has 35 heavy (non-hydrogen) atoms. The molecule has 1 aliphatic heterocycles. The molecule has 3 aromatic carbocycles. The van der Waals surface area contributed by atoms with Crippen LogP contribution < -0.4 is 14.4 Å². The van der Waals surface area contributed by atoms with Gasteiger partial charge < -0.3 is 24.2 Å². The highest BCUT2D eigenvalue weighted by atomic mass is 16.6. The number of aliphatic hydroxyl groups is 1. The maximum Gasteiger partial charge on any atom is 0.415 e. The fourth-order valence-corrected chi connectivity index (χ4v) is 4.07. The Bertz CT molecular complexity index is 1070. The Morgan fingerprint density at radius 3 is 2.23 bits per heavy atom. The maximum atomic E-state index is 12.7. The van der Waals surface area contributed by atoms with Crippen molar-refractivity contribution in [2.75, 3.05) is 38.8 Å². The smallest absolute Gasteiger partial charge is 0.415 e. The van der Waals surface area contributed by atoms with E-state index < -0.39 is 18.2 Å². The first-order valence-electron chi connectivity index (χ1n) is 11.8. The number of anilines is 1. The number of benzene rings is 3. The van der Waals surface area contributed by atoms with Gasteiger partial charge in [0.15, 0.2) is 6.10 Å². The topological polar surface area (TPSA) is 71.5 Å². The minimum absolute atomic E-state index is 0.272. The molecular weight excluding hydrogens is 444 g/mol. The highest BCUT2D eigenvalue weighted by molar-refractivity contribution is 5.91. The average Bonchev–Trinajstić information content (AvgIpc) is 3.22. The summed E-state index contributed by atoms with van der Waals surface area (Å²) >= 11 is 0. The van der Waals surface area contributed by atoms with Crippen molar-refractivity contribution in [1.82, 2.24) is 4.90 Å². The summed E-state index contributed by atoms with van der Waals surface area (Å²) in [4.78, 5) is 16.4. The van der Waals surface area contributed by atoms with Crippen LogP contribution in [0.1, 0.15) is 23.6 Å². The lowest BCUT2D eigenvalue weighted by Gasteiger charge is -2.25. The largest absolute Gasteiger partial charge is 0.494 e. The third-order valence-electron chi connectivity index (χ3n) is 5.86. The summed E-state index contributed by atoms with van der Waals surface area (Å²) in [5.74, 6) is 1.47. The first kappa shape index (κ1) is 24.6. The third-order valence-corrected chi connectivity index (χ3v) is 5.86. The normalized spacial score (nSPS) is 17.5. The molecule has 2 atom stereocenters. The molecule has 0 spiro atoms. The van der Waals surface area contributed by atoms with Gasteiger partial charge in [0.2, 0.25) is 0 Å². The Labute approximate surface area is 206 Å². The molecule has 4 rings (SSSR count). The van der Waals surface area contributed by atoms with Crippen molar-refractivity contribution in [2.45, 2.75) is 25.2 Å². The van der Waals surface area contributed by atoms with Crippen LogP contribution in [0.5, 0.6) is 11.5 Å². The SMILES string of the molecule is CN(C)CCCOc1ccc(N2C(=O)O[C@H](CO)C2c2ccc(OCc3ccccc3)cc2)cc1. The first-order chi connectivity index (χ1) is 17.0. The minimum atomic E-state index is -0.666. The quantitative estimate of drug-likeness (QED) is 0.406. The lowest BCUT2D eigenvalue weighted by Crippen LogP contribution is -2.30. The van der Waals surface area contributed by atoms with Crippen molar-refractivity contribution in [1.29, 1.82) is 0 Å². The predicted molar refractivity (Wildman–Crippen MR) is 135 cm³/mol. The summed E-state index contributed by atoms with van der Waals surface area (Å²) in [6.07, 6.45) is -0.225. The molecule has 1 amide bonds. The van der Waals surface area contributed by atoms with Crippen LogP contribution in [0.3, 0.4) is 0 Å². The van der Waals surface area contributed by atoms with E-state index in [0.29, 0.717) is 18.9 Å². The zero-order valence-corrected chi connectivity index (χ0v) is 20.2. The van der Waals surface area contributed by atoms with E-state index in [2.05, 4.69) is 4.90 Å². The standard InChI is InChI=1S/C28H32N2O5/c1-29(2)17-6-18-33-24-15-11-23(12-16-24)30-27(26(19-31)35-28(30)32)22-9-13-25(14-10-22)34-20-21-7-4-3-5-8-21/h3-5,7-16,26-27,31H,6,17-20H2,1-2H3/t26-,27?/m1/s1. The van der Waals surface area contributed by atoms with Gasteiger partial charge >= 0.3 is 6.09 Å². The van der Waals surface area contributed by atoms with Crippen LogP contribution in [0.4, 0.5) is 10.5 Å². The van der Waals surface area contributed by atoms with Gasteiger partial charge in [-0.15, -0.1) is 0 Å². The monoisotopic (exact) mass is 476 g/mol. The van der Waals surface area contributed by atoms with Crippen molar-refractivity contribution in [2.24, 2.45) is 0 Å². The summed E-state index contributed by atoms with van der Waals surface area (Å²) < 4.78 is 17.2. The van der Waals surface area contributed by atoms with Gasteiger partial charge in [0.25, 0.3) is 0 Å². The highest BCUT2D eigenvalue weighted by Crippen LogP contribution is 2.38. The Kier molecular flexibility index (Phi) is 8.23. The van der Waals surface area contributed by atoms with Crippen molar-refractivity contribution in [3.8, 4) is 11.5 Å². The van der Waals surface area contributed by atoms with E-state index in [9.17, 15) is 9.90 Å². The number of cyclic esters (lactones) is 1. The summed E-state index contributed by atoms with van der Waals surface area (Å²) in [6, 6.07) is 24.4. The van der Waals surface area contributed by atoms with Crippen molar-refractivity contribution in [3.05, 3.63) is 90.0 Å². The molecule has 1 unspecified atom stereocenters. The lowest BCUT2D eigenvalue weighted by atomic mass is 10.0. The second-order valence-electron chi connectivity index (χ2n) is 8.76. The Morgan fingerprint density at radius 1 is 0.914 bits per heavy atom. The predicted octanol–water partition coefficient (Wildman–Crippen LogP) is 4.65. The molecule has 0 aromatic heterocycles. The van der Waals surface area contributed by atoms with Gasteiger partial charge in [0.05, 0.1) is 13.2 Å². The van der Waals surface area contributed by atoms with Gasteiger partial charge in [0, 0.05) is 12.2 Å². The first-order valence-corrected chi connectivity index (χ1v) is 11.8. The van der Waals surface area contributed by atoms with Gasteiger partial charge in [-0.3, -0.25) is 4.90 Å². The number of aliphatic hydroxyl groups excluding tert-OH is 1. The number of ether oxygens (including phenoxy) is 3. The van der Waals surface area contributed by atoms with Crippen LogP contribution in [0.25, 0.3) is 0 Å². The van der Waals surface area contributed by atoms with Crippen LogP contribution in [-0.4, -0.2) is 56.1 Å². The molecule has 7 heteroatoms. The fourth-order valence-electron chi connectivity index (χ4n) is 4.07. The van der Waals surface area contributed by atoms with Gasteiger partial charge in [-0.1, -0.05) is 42.5 Å². The second-order valence-corrected chi connectivity index (χ2v) is 8.76. The van der Waals surface area contributed by atoms with E-state index in [1.807, 2.05) is 93.0 Å². The molecule has 0 bridgehead atoms. The Morgan fingerprint density at radius 2 is 1.57 bits per heavy atom. The molecule has 0 aliphatic carbocycles. The number of carbonyl (C=O) groups is 1. The molecule has 1 N–H and O–H groups in total. The molecule has 1 fully saturated rings. The Balaban J connectivity index is 1.45. The van der Waals surface area contributed by atoms with Gasteiger partial charge in [-0.05, 0) is 68.0 Å². The van der Waals surface area contributed by atoms with E-state index in [-0.39, 0.29) is 6.61 Å². The summed E-state index contributed by atoms with van der Waals surface area (Å²) in [7, 11) is 4.07. The molecule has 1 aliphatic rings. The van der Waals surface area contributed by atoms with E-state index in [1.165, 1.54) is 0 Å². The van der Waals surface area contributed by atoms with Crippen molar-refractivity contribution >= 4 is 11.8 Å². The van der Waals surface area contributed by atoms with E-state index in [4.69, 9.17) is 14.2 Å². The van der Waals surface area contributed by atoms with Crippen LogP contribution in [-0.2, 0) is 11.3 Å². The summed E-state index contributed by atoms with van der Waals surface area (Å²) in [5.41, 5.74) is 2.62. The fraction of sp³-hybridized carbons (Fsp3) is 0.321. The molecule has 1 heterocycles. The average molecular weight is 477 g/mol. The Hall–Kier alpha value is -3.55. The summed E-state index contributed by atoms with van der Waals surface area (Å²) in [5, 5.41) is 9.90. The molecule has 0 radical (unpaired) electrons. The molecule has 0 saturated carbocycles. The zero-order chi connectivity index (χ0) is 24.6. The number of amides is 1. The molecule has 7 nitrogen and oxygen atoms in total. The summed E-state index contributed by atoms with van der Waals surface area (Å²) in [6.45, 7) is 1.78. The van der Waals surface area contributed by atoms with Crippen molar-refractivity contribution in [3.63, 3.8) is 0 Å². The van der Waals surface area contributed by atoms with Crippen LogP contribution in [0.2, 0.25) is 0 Å². The van der Waals surface area contributed by atoms with E-state index in [0.717, 1.165) is 35.6 Å².